The monoisotopic (exact) mass is 273 g/mol. The van der Waals surface area contributed by atoms with Crippen LogP contribution in [-0.4, -0.2) is 22.9 Å². The second-order valence-corrected chi connectivity index (χ2v) is 4.88. The molecule has 74 valence electrons. The third-order valence-corrected chi connectivity index (χ3v) is 3.81. The van der Waals surface area contributed by atoms with Crippen molar-refractivity contribution in [2.75, 3.05) is 11.1 Å². The van der Waals surface area contributed by atoms with Gasteiger partial charge in [0.2, 0.25) is 0 Å². The summed E-state index contributed by atoms with van der Waals surface area (Å²) in [6.45, 7) is 0. The molecule has 5 heteroatoms. The largest absolute Gasteiger partial charge is 0.480 e. The van der Waals surface area contributed by atoms with Crippen LogP contribution in [0.2, 0.25) is 0 Å². The van der Waals surface area contributed by atoms with Crippen molar-refractivity contribution in [3.8, 4) is 0 Å². The molecule has 1 aromatic carbocycles. The molecule has 1 unspecified atom stereocenters. The average Bonchev–Trinajstić information content (AvgIpc) is 2.18. The van der Waals surface area contributed by atoms with Gasteiger partial charge in [0.15, 0.2) is 0 Å². The molecule has 0 saturated heterocycles. The number of para-hydroxylation sites is 1. The van der Waals surface area contributed by atoms with Crippen molar-refractivity contribution >= 4 is 39.3 Å². The molecule has 0 bridgehead atoms. The predicted octanol–water partition coefficient (Wildman–Crippen LogP) is 2.42. The Morgan fingerprint density at radius 1 is 1.64 bits per heavy atom. The number of anilines is 1. The number of rotatable bonds is 1. The van der Waals surface area contributed by atoms with Crippen molar-refractivity contribution in [3.63, 3.8) is 0 Å². The minimum absolute atomic E-state index is 0.494. The minimum atomic E-state index is -0.807. The Labute approximate surface area is 94.0 Å². The Morgan fingerprint density at radius 2 is 2.43 bits per heavy atom. The first-order valence-corrected chi connectivity index (χ1v) is 5.87. The maximum Gasteiger partial charge on any atom is 0.326 e. The van der Waals surface area contributed by atoms with Crippen LogP contribution in [0.15, 0.2) is 27.6 Å². The van der Waals surface area contributed by atoms with E-state index in [1.807, 2.05) is 18.2 Å². The van der Waals surface area contributed by atoms with E-state index in [2.05, 4.69) is 21.2 Å². The number of nitrogens with one attached hydrogen (secondary N) is 1. The molecule has 1 aliphatic heterocycles. The van der Waals surface area contributed by atoms with Crippen molar-refractivity contribution in [1.29, 1.82) is 0 Å². The Kier molecular flexibility index (Phi) is 2.69. The third-order valence-electron chi connectivity index (χ3n) is 2.00. The summed E-state index contributed by atoms with van der Waals surface area (Å²) in [7, 11) is 0. The molecule has 2 rings (SSSR count). The molecule has 1 atom stereocenters. The van der Waals surface area contributed by atoms with Crippen LogP contribution >= 0.6 is 27.7 Å². The lowest BCUT2D eigenvalue weighted by Gasteiger charge is -2.24. The van der Waals surface area contributed by atoms with Gasteiger partial charge in [-0.2, -0.15) is 0 Å². The smallest absolute Gasteiger partial charge is 0.326 e. The van der Waals surface area contributed by atoms with Crippen LogP contribution < -0.4 is 5.32 Å². The van der Waals surface area contributed by atoms with E-state index < -0.39 is 12.0 Å². The van der Waals surface area contributed by atoms with E-state index in [-0.39, 0.29) is 0 Å². The Hall–Kier alpha value is -0.680. The van der Waals surface area contributed by atoms with Gasteiger partial charge < -0.3 is 10.4 Å². The van der Waals surface area contributed by atoms with E-state index in [4.69, 9.17) is 5.11 Å². The van der Waals surface area contributed by atoms with Crippen molar-refractivity contribution < 1.29 is 9.90 Å². The summed E-state index contributed by atoms with van der Waals surface area (Å²) in [5, 5.41) is 11.9. The van der Waals surface area contributed by atoms with Gasteiger partial charge in [-0.3, -0.25) is 0 Å². The number of aliphatic carboxylic acids is 1. The first kappa shape index (κ1) is 9.86. The number of carbonyl (C=O) groups is 1. The summed E-state index contributed by atoms with van der Waals surface area (Å²) in [4.78, 5) is 11.9. The molecule has 0 fully saturated rings. The van der Waals surface area contributed by atoms with Crippen molar-refractivity contribution in [2.45, 2.75) is 10.9 Å². The third kappa shape index (κ3) is 1.74. The minimum Gasteiger partial charge on any atom is -0.480 e. The van der Waals surface area contributed by atoms with Gasteiger partial charge in [0.05, 0.1) is 5.69 Å². The Morgan fingerprint density at radius 3 is 3.14 bits per heavy atom. The molecular weight excluding hydrogens is 266 g/mol. The molecule has 0 aliphatic carbocycles. The molecule has 0 spiro atoms. The van der Waals surface area contributed by atoms with Crippen LogP contribution in [0.5, 0.6) is 0 Å². The van der Waals surface area contributed by atoms with E-state index in [0.29, 0.717) is 5.75 Å². The topological polar surface area (TPSA) is 49.3 Å². The van der Waals surface area contributed by atoms with E-state index in [0.717, 1.165) is 15.1 Å². The first-order valence-electron chi connectivity index (χ1n) is 4.09. The van der Waals surface area contributed by atoms with E-state index in [1.54, 1.807) is 11.8 Å². The van der Waals surface area contributed by atoms with Gasteiger partial charge in [-0.25, -0.2) is 4.79 Å². The molecule has 0 aromatic heterocycles. The molecule has 1 aromatic rings. The highest BCUT2D eigenvalue weighted by molar-refractivity contribution is 9.10. The zero-order chi connectivity index (χ0) is 10.1. The number of hydrogen-bond acceptors (Lipinski definition) is 3. The molecule has 1 aliphatic rings. The molecular formula is C9H8BrNO2S. The highest BCUT2D eigenvalue weighted by Gasteiger charge is 2.24. The molecule has 1 heterocycles. The summed E-state index contributed by atoms with van der Waals surface area (Å²) in [5.74, 6) is -0.238. The lowest BCUT2D eigenvalue weighted by molar-refractivity contribution is -0.137. The van der Waals surface area contributed by atoms with Crippen LogP contribution in [-0.2, 0) is 4.79 Å². The fourth-order valence-corrected chi connectivity index (χ4v) is 2.96. The van der Waals surface area contributed by atoms with Gasteiger partial charge in [0.1, 0.15) is 6.04 Å². The first-order chi connectivity index (χ1) is 6.68. The van der Waals surface area contributed by atoms with Crippen LogP contribution in [0.1, 0.15) is 0 Å². The van der Waals surface area contributed by atoms with Gasteiger partial charge in [0.25, 0.3) is 0 Å². The fraction of sp³-hybridized carbons (Fsp3) is 0.222. The summed E-state index contributed by atoms with van der Waals surface area (Å²) in [5.41, 5.74) is 0.885. The standard InChI is InChI=1S/C9H8BrNO2S/c10-5-2-1-3-7-8(5)11-6(4-14-7)9(12)13/h1-3,6,11H,4H2,(H,12,13). The predicted molar refractivity (Wildman–Crippen MR) is 59.9 cm³/mol. The Balaban J connectivity index is 2.33. The van der Waals surface area contributed by atoms with Crippen LogP contribution in [0.4, 0.5) is 5.69 Å². The van der Waals surface area contributed by atoms with Crippen molar-refractivity contribution in [2.24, 2.45) is 0 Å². The van der Waals surface area contributed by atoms with E-state index in [9.17, 15) is 4.79 Å². The molecule has 2 N–H and O–H groups in total. The second-order valence-electron chi connectivity index (χ2n) is 2.96. The second kappa shape index (κ2) is 3.82. The molecule has 3 nitrogen and oxygen atoms in total. The Bertz CT molecular complexity index is 383. The van der Waals surface area contributed by atoms with Crippen LogP contribution in [0, 0.1) is 0 Å². The SMILES string of the molecule is O=C(O)C1CSc2cccc(Br)c2N1. The number of halogens is 1. The number of hydrogen-bond donors (Lipinski definition) is 2. The van der Waals surface area contributed by atoms with Gasteiger partial charge in [-0.1, -0.05) is 6.07 Å². The zero-order valence-corrected chi connectivity index (χ0v) is 9.56. The molecule has 0 radical (unpaired) electrons. The number of thioether (sulfide) groups is 1. The zero-order valence-electron chi connectivity index (χ0n) is 7.16. The quantitative estimate of drug-likeness (QED) is 0.825. The van der Waals surface area contributed by atoms with Gasteiger partial charge in [-0.05, 0) is 28.1 Å². The number of carboxylic acid groups (broad SMARTS) is 1. The van der Waals surface area contributed by atoms with Crippen molar-refractivity contribution in [1.82, 2.24) is 0 Å². The maximum atomic E-state index is 10.8. The normalized spacial score (nSPS) is 19.6. The van der Waals surface area contributed by atoms with E-state index >= 15 is 0 Å². The summed E-state index contributed by atoms with van der Waals surface area (Å²) < 4.78 is 0.911. The summed E-state index contributed by atoms with van der Waals surface area (Å²) in [6.07, 6.45) is 0. The van der Waals surface area contributed by atoms with E-state index in [1.165, 1.54) is 0 Å². The molecule has 0 saturated carbocycles. The highest BCUT2D eigenvalue weighted by Crippen LogP contribution is 2.37. The maximum absolute atomic E-state index is 10.8. The summed E-state index contributed by atoms with van der Waals surface area (Å²) in [6, 6.07) is 5.33. The van der Waals surface area contributed by atoms with Gasteiger partial charge in [-0.15, -0.1) is 11.8 Å². The van der Waals surface area contributed by atoms with Crippen LogP contribution in [0.3, 0.4) is 0 Å². The lowest BCUT2D eigenvalue weighted by Crippen LogP contribution is -2.34. The van der Waals surface area contributed by atoms with Gasteiger partial charge >= 0.3 is 5.97 Å². The fourth-order valence-electron chi connectivity index (χ4n) is 1.29. The highest BCUT2D eigenvalue weighted by atomic mass is 79.9. The number of fused-ring (bicyclic) bond motifs is 1. The lowest BCUT2D eigenvalue weighted by atomic mass is 10.2. The average molecular weight is 274 g/mol. The van der Waals surface area contributed by atoms with Crippen LogP contribution in [0.25, 0.3) is 0 Å². The molecule has 0 amide bonds. The number of carboxylic acids is 1. The van der Waals surface area contributed by atoms with Gasteiger partial charge in [0, 0.05) is 15.1 Å². The molecule has 14 heavy (non-hydrogen) atoms. The van der Waals surface area contributed by atoms with Crippen molar-refractivity contribution in [3.05, 3.63) is 22.7 Å². The number of benzene rings is 1. The summed E-state index contributed by atoms with van der Waals surface area (Å²) >= 11 is 4.96.